The molecule has 4 aromatic rings. The van der Waals surface area contributed by atoms with Crippen LogP contribution in [0.25, 0.3) is 0 Å². The molecule has 0 bridgehead atoms. The summed E-state index contributed by atoms with van der Waals surface area (Å²) in [6.45, 7) is 0.457. The lowest BCUT2D eigenvalue weighted by molar-refractivity contribution is 0.101. The monoisotopic (exact) mass is 476 g/mol. The smallest absolute Gasteiger partial charge is 0.278 e. The first kappa shape index (κ1) is 21.2. The van der Waals surface area contributed by atoms with Crippen molar-refractivity contribution >= 4 is 46.7 Å². The number of halogens is 3. The van der Waals surface area contributed by atoms with Crippen molar-refractivity contribution in [2.24, 2.45) is 0 Å². The van der Waals surface area contributed by atoms with E-state index in [1.54, 1.807) is 54.7 Å². The van der Waals surface area contributed by atoms with Gasteiger partial charge in [0.1, 0.15) is 12.1 Å². The average Bonchev–Trinajstić information content (AvgIpc) is 3.40. The Hall–Kier alpha value is -3.07. The summed E-state index contributed by atoms with van der Waals surface area (Å²) in [5, 5.41) is 12.7. The predicted molar refractivity (Wildman–Crippen MR) is 118 cm³/mol. The fourth-order valence-corrected chi connectivity index (χ4v) is 3.31. The summed E-state index contributed by atoms with van der Waals surface area (Å²) in [4.78, 5) is 16.5. The Labute approximate surface area is 192 Å². The highest BCUT2D eigenvalue weighted by Gasteiger charge is 2.14. The first-order valence-corrected chi connectivity index (χ1v) is 10.2. The molecule has 0 unspecified atom stereocenters. The molecule has 0 radical (unpaired) electrons. The van der Waals surface area contributed by atoms with E-state index in [2.05, 4.69) is 20.5 Å². The third kappa shape index (κ3) is 5.35. The number of hydrogen-bond acceptors (Lipinski definition) is 5. The minimum atomic E-state index is -0.446. The minimum absolute atomic E-state index is 0.139. The molecular formula is C20H15Cl3N6O2. The number of aromatic nitrogens is 5. The number of nitrogens with one attached hydrogen (secondary N) is 1. The molecular weight excluding hydrogens is 463 g/mol. The summed E-state index contributed by atoms with van der Waals surface area (Å²) < 4.78 is 8.62. The van der Waals surface area contributed by atoms with E-state index in [1.807, 2.05) is 0 Å². The van der Waals surface area contributed by atoms with E-state index in [-0.39, 0.29) is 18.4 Å². The minimum Gasteiger partial charge on any atom is -0.471 e. The quantitative estimate of drug-likeness (QED) is 0.414. The van der Waals surface area contributed by atoms with Gasteiger partial charge in [0.05, 0.1) is 6.54 Å². The fourth-order valence-electron chi connectivity index (χ4n) is 2.67. The highest BCUT2D eigenvalue weighted by Crippen LogP contribution is 2.25. The van der Waals surface area contributed by atoms with Crippen molar-refractivity contribution in [2.75, 3.05) is 5.32 Å². The van der Waals surface area contributed by atoms with Gasteiger partial charge in [0.25, 0.3) is 5.91 Å². The van der Waals surface area contributed by atoms with E-state index < -0.39 is 5.91 Å². The van der Waals surface area contributed by atoms with Crippen LogP contribution in [0, 0.1) is 0 Å². The molecule has 2 aromatic heterocycles. The van der Waals surface area contributed by atoms with Crippen LogP contribution in [0.3, 0.4) is 0 Å². The molecule has 0 aliphatic rings. The SMILES string of the molecule is O=C(Nc1ncn(Cc2c(Cl)cccc2Cl)n1)c1ccn(COc2ccc(Cl)cc2)n1. The number of ether oxygens (including phenoxy) is 1. The van der Waals surface area contributed by atoms with Crippen molar-refractivity contribution in [3.05, 3.63) is 87.4 Å². The van der Waals surface area contributed by atoms with E-state index >= 15 is 0 Å². The molecule has 1 N–H and O–H groups in total. The lowest BCUT2D eigenvalue weighted by Gasteiger charge is -2.06. The van der Waals surface area contributed by atoms with Gasteiger partial charge in [0.2, 0.25) is 5.95 Å². The average molecular weight is 478 g/mol. The second-order valence-corrected chi connectivity index (χ2v) is 7.64. The molecule has 2 aromatic carbocycles. The number of carbonyl (C=O) groups is 1. The van der Waals surface area contributed by atoms with Crippen LogP contribution in [0.4, 0.5) is 5.95 Å². The highest BCUT2D eigenvalue weighted by atomic mass is 35.5. The molecule has 0 atom stereocenters. The van der Waals surface area contributed by atoms with Crippen molar-refractivity contribution in [1.82, 2.24) is 24.5 Å². The van der Waals surface area contributed by atoms with Crippen molar-refractivity contribution < 1.29 is 9.53 Å². The van der Waals surface area contributed by atoms with Gasteiger partial charge in [0, 0.05) is 26.8 Å². The predicted octanol–water partition coefficient (Wildman–Crippen LogP) is 4.77. The summed E-state index contributed by atoms with van der Waals surface area (Å²) in [6.07, 6.45) is 3.12. The van der Waals surface area contributed by atoms with Crippen LogP contribution in [0.5, 0.6) is 5.75 Å². The highest BCUT2D eigenvalue weighted by molar-refractivity contribution is 6.36. The number of amides is 1. The van der Waals surface area contributed by atoms with Crippen LogP contribution in [0.1, 0.15) is 16.1 Å². The summed E-state index contributed by atoms with van der Waals surface area (Å²) in [5.41, 5.74) is 0.915. The third-order valence-corrected chi connectivity index (χ3v) is 5.15. The zero-order valence-electron chi connectivity index (χ0n) is 15.9. The van der Waals surface area contributed by atoms with Crippen molar-refractivity contribution in [3.8, 4) is 5.75 Å². The Bertz CT molecular complexity index is 1190. The van der Waals surface area contributed by atoms with E-state index in [0.29, 0.717) is 32.9 Å². The summed E-state index contributed by atoms with van der Waals surface area (Å²) >= 11 is 18.2. The van der Waals surface area contributed by atoms with Gasteiger partial charge in [-0.05, 0) is 42.5 Å². The normalized spacial score (nSPS) is 10.8. The molecule has 1 amide bonds. The topological polar surface area (TPSA) is 86.9 Å². The lowest BCUT2D eigenvalue weighted by Crippen LogP contribution is -2.15. The molecule has 4 rings (SSSR count). The number of rotatable bonds is 7. The fraction of sp³-hybridized carbons (Fsp3) is 0.100. The van der Waals surface area contributed by atoms with Crippen LogP contribution < -0.4 is 10.1 Å². The summed E-state index contributed by atoms with van der Waals surface area (Å²) in [5.74, 6) is 0.332. The molecule has 8 nitrogen and oxygen atoms in total. The maximum Gasteiger partial charge on any atom is 0.278 e. The van der Waals surface area contributed by atoms with Crippen LogP contribution in [-0.4, -0.2) is 30.5 Å². The van der Waals surface area contributed by atoms with Gasteiger partial charge in [-0.15, -0.1) is 5.10 Å². The number of nitrogens with zero attached hydrogens (tertiary/aromatic N) is 5. The Morgan fingerprint density at radius 1 is 0.968 bits per heavy atom. The molecule has 0 fully saturated rings. The van der Waals surface area contributed by atoms with Crippen LogP contribution in [-0.2, 0) is 13.3 Å². The second kappa shape index (κ2) is 9.38. The molecule has 31 heavy (non-hydrogen) atoms. The van der Waals surface area contributed by atoms with Gasteiger partial charge in [-0.25, -0.2) is 14.3 Å². The molecule has 0 saturated heterocycles. The van der Waals surface area contributed by atoms with Crippen LogP contribution in [0.15, 0.2) is 61.1 Å². The first-order valence-electron chi connectivity index (χ1n) is 9.03. The van der Waals surface area contributed by atoms with Crippen LogP contribution in [0.2, 0.25) is 15.1 Å². The first-order chi connectivity index (χ1) is 15.0. The zero-order chi connectivity index (χ0) is 21.8. The van der Waals surface area contributed by atoms with Crippen molar-refractivity contribution in [1.29, 1.82) is 0 Å². The van der Waals surface area contributed by atoms with E-state index in [4.69, 9.17) is 39.5 Å². The number of carbonyl (C=O) groups excluding carboxylic acids is 1. The zero-order valence-corrected chi connectivity index (χ0v) is 18.1. The van der Waals surface area contributed by atoms with E-state index in [0.717, 1.165) is 0 Å². The molecule has 0 aliphatic heterocycles. The number of benzene rings is 2. The molecule has 11 heteroatoms. The van der Waals surface area contributed by atoms with Gasteiger partial charge < -0.3 is 4.74 Å². The molecule has 158 valence electrons. The maximum absolute atomic E-state index is 12.4. The standard InChI is InChI=1S/C20H15Cl3N6O2/c21-13-4-6-14(7-5-13)31-12-28-9-8-18(26-28)19(30)25-20-24-11-29(27-20)10-15-16(22)2-1-3-17(15)23/h1-9,11H,10,12H2,(H,25,27,30). The van der Waals surface area contributed by atoms with Crippen LogP contribution >= 0.6 is 34.8 Å². The van der Waals surface area contributed by atoms with Gasteiger partial charge >= 0.3 is 0 Å². The largest absolute Gasteiger partial charge is 0.471 e. The van der Waals surface area contributed by atoms with Gasteiger partial charge in [-0.2, -0.15) is 5.10 Å². The number of anilines is 1. The maximum atomic E-state index is 12.4. The van der Waals surface area contributed by atoms with E-state index in [9.17, 15) is 4.79 Å². The Morgan fingerprint density at radius 3 is 2.45 bits per heavy atom. The van der Waals surface area contributed by atoms with Gasteiger partial charge in [-0.1, -0.05) is 40.9 Å². The van der Waals surface area contributed by atoms with Gasteiger partial charge in [0.15, 0.2) is 12.4 Å². The lowest BCUT2D eigenvalue weighted by atomic mass is 10.2. The van der Waals surface area contributed by atoms with Gasteiger partial charge in [-0.3, -0.25) is 10.1 Å². The van der Waals surface area contributed by atoms with Crippen molar-refractivity contribution in [2.45, 2.75) is 13.3 Å². The third-order valence-electron chi connectivity index (χ3n) is 4.19. The van der Waals surface area contributed by atoms with E-state index in [1.165, 1.54) is 15.7 Å². The van der Waals surface area contributed by atoms with Crippen molar-refractivity contribution in [3.63, 3.8) is 0 Å². The Kier molecular flexibility index (Phi) is 6.41. The Morgan fingerprint density at radius 2 is 1.71 bits per heavy atom. The molecule has 0 aliphatic carbocycles. The second-order valence-electron chi connectivity index (χ2n) is 6.39. The molecule has 0 spiro atoms. The molecule has 0 saturated carbocycles. The summed E-state index contributed by atoms with van der Waals surface area (Å²) in [6, 6.07) is 13.8. The number of hydrogen-bond donors (Lipinski definition) is 1. The Balaban J connectivity index is 1.35. The summed E-state index contributed by atoms with van der Waals surface area (Å²) in [7, 11) is 0. The molecule has 2 heterocycles.